The van der Waals surface area contributed by atoms with Crippen LogP contribution in [0.2, 0.25) is 0 Å². The molecule has 0 aliphatic rings. The third-order valence-electron chi connectivity index (χ3n) is 1.97. The molecule has 0 bridgehead atoms. The number of ether oxygens (including phenoxy) is 1. The Labute approximate surface area is 89.0 Å². The SMILES string of the molecule is C=C(C)C(O)C(C(=O)OCCO)C(C)O. The highest BCUT2D eigenvalue weighted by molar-refractivity contribution is 5.74. The molecule has 0 amide bonds. The molecule has 3 unspecified atom stereocenters. The van der Waals surface area contributed by atoms with E-state index in [0.29, 0.717) is 5.57 Å². The maximum Gasteiger partial charge on any atom is 0.314 e. The van der Waals surface area contributed by atoms with Crippen molar-refractivity contribution in [2.45, 2.75) is 26.1 Å². The molecule has 5 nitrogen and oxygen atoms in total. The van der Waals surface area contributed by atoms with Crippen molar-refractivity contribution in [2.24, 2.45) is 5.92 Å². The van der Waals surface area contributed by atoms with Crippen molar-refractivity contribution < 1.29 is 24.9 Å². The first-order valence-corrected chi connectivity index (χ1v) is 4.70. The Bertz CT molecular complexity index is 224. The molecule has 0 spiro atoms. The second-order valence-electron chi connectivity index (χ2n) is 3.45. The van der Waals surface area contributed by atoms with Crippen LogP contribution in [0.15, 0.2) is 12.2 Å². The zero-order chi connectivity index (χ0) is 12.0. The minimum Gasteiger partial charge on any atom is -0.463 e. The largest absolute Gasteiger partial charge is 0.463 e. The fourth-order valence-corrected chi connectivity index (χ4v) is 1.14. The topological polar surface area (TPSA) is 87.0 Å². The molecule has 0 aliphatic heterocycles. The molecule has 0 saturated heterocycles. The molecule has 0 saturated carbocycles. The van der Waals surface area contributed by atoms with Crippen molar-refractivity contribution in [3.63, 3.8) is 0 Å². The Balaban J connectivity index is 4.51. The van der Waals surface area contributed by atoms with Crippen LogP contribution in [0, 0.1) is 5.92 Å². The van der Waals surface area contributed by atoms with E-state index in [2.05, 4.69) is 11.3 Å². The van der Waals surface area contributed by atoms with Gasteiger partial charge >= 0.3 is 5.97 Å². The molecule has 88 valence electrons. The summed E-state index contributed by atoms with van der Waals surface area (Å²) in [6.07, 6.45) is -2.18. The number of aliphatic hydroxyl groups is 3. The van der Waals surface area contributed by atoms with Crippen LogP contribution in [0.25, 0.3) is 0 Å². The molecule has 5 heteroatoms. The summed E-state index contributed by atoms with van der Waals surface area (Å²) in [6, 6.07) is 0. The standard InChI is InChI=1S/C10H18O5/c1-6(2)9(13)8(7(3)12)10(14)15-5-4-11/h7-9,11-13H,1,4-5H2,2-3H3. The Morgan fingerprint density at radius 2 is 2.00 bits per heavy atom. The molecule has 0 heterocycles. The Kier molecular flexibility index (Phi) is 6.15. The summed E-state index contributed by atoms with van der Waals surface area (Å²) < 4.78 is 4.64. The van der Waals surface area contributed by atoms with Crippen LogP contribution in [0.1, 0.15) is 13.8 Å². The average molecular weight is 218 g/mol. The van der Waals surface area contributed by atoms with Gasteiger partial charge in [0.1, 0.15) is 12.5 Å². The van der Waals surface area contributed by atoms with E-state index in [1.165, 1.54) is 6.92 Å². The number of aliphatic hydroxyl groups excluding tert-OH is 3. The quantitative estimate of drug-likeness (QED) is 0.411. The van der Waals surface area contributed by atoms with Crippen LogP contribution in [0.3, 0.4) is 0 Å². The molecule has 3 N–H and O–H groups in total. The van der Waals surface area contributed by atoms with Crippen LogP contribution in [-0.2, 0) is 9.53 Å². The molecule has 0 aromatic carbocycles. The number of esters is 1. The minimum absolute atomic E-state index is 0.148. The zero-order valence-corrected chi connectivity index (χ0v) is 9.01. The van der Waals surface area contributed by atoms with E-state index in [4.69, 9.17) is 5.11 Å². The van der Waals surface area contributed by atoms with Gasteiger partial charge in [-0.15, -0.1) is 0 Å². The van der Waals surface area contributed by atoms with Crippen molar-refractivity contribution >= 4 is 5.97 Å². The number of hydrogen-bond acceptors (Lipinski definition) is 5. The van der Waals surface area contributed by atoms with Crippen LogP contribution < -0.4 is 0 Å². The van der Waals surface area contributed by atoms with Gasteiger partial charge in [-0.25, -0.2) is 0 Å². The lowest BCUT2D eigenvalue weighted by Gasteiger charge is -2.23. The predicted octanol–water partition coefficient (Wildman–Crippen LogP) is -0.544. The molecule has 0 rings (SSSR count). The van der Waals surface area contributed by atoms with Gasteiger partial charge in [0.2, 0.25) is 0 Å². The van der Waals surface area contributed by atoms with E-state index in [0.717, 1.165) is 0 Å². The third kappa shape index (κ3) is 4.42. The fraction of sp³-hybridized carbons (Fsp3) is 0.700. The van der Waals surface area contributed by atoms with Crippen LogP contribution in [0.5, 0.6) is 0 Å². The molecule has 0 radical (unpaired) electrons. The third-order valence-corrected chi connectivity index (χ3v) is 1.97. The molecule has 3 atom stereocenters. The first-order valence-electron chi connectivity index (χ1n) is 4.70. The van der Waals surface area contributed by atoms with Crippen molar-refractivity contribution in [2.75, 3.05) is 13.2 Å². The second kappa shape index (κ2) is 6.55. The van der Waals surface area contributed by atoms with Gasteiger partial charge in [-0.3, -0.25) is 4.79 Å². The monoisotopic (exact) mass is 218 g/mol. The molecular formula is C10H18O5. The van der Waals surface area contributed by atoms with E-state index in [1.54, 1.807) is 6.92 Å². The number of carbonyl (C=O) groups is 1. The van der Waals surface area contributed by atoms with E-state index < -0.39 is 24.1 Å². The summed E-state index contributed by atoms with van der Waals surface area (Å²) in [4.78, 5) is 11.4. The number of rotatable bonds is 6. The lowest BCUT2D eigenvalue weighted by Crippen LogP contribution is -2.38. The molecule has 0 fully saturated rings. The van der Waals surface area contributed by atoms with E-state index in [-0.39, 0.29) is 13.2 Å². The van der Waals surface area contributed by atoms with Gasteiger partial charge in [0.05, 0.1) is 18.8 Å². The van der Waals surface area contributed by atoms with Crippen molar-refractivity contribution in [3.05, 3.63) is 12.2 Å². The second-order valence-corrected chi connectivity index (χ2v) is 3.45. The van der Waals surface area contributed by atoms with Gasteiger partial charge in [-0.2, -0.15) is 0 Å². The van der Waals surface area contributed by atoms with Crippen molar-refractivity contribution in [1.82, 2.24) is 0 Å². The summed E-state index contributed by atoms with van der Waals surface area (Å²) in [6.45, 7) is 6.01. The van der Waals surface area contributed by atoms with E-state index in [1.807, 2.05) is 0 Å². The maximum absolute atomic E-state index is 11.4. The zero-order valence-electron chi connectivity index (χ0n) is 9.01. The Morgan fingerprint density at radius 3 is 2.33 bits per heavy atom. The average Bonchev–Trinajstić information content (AvgIpc) is 2.14. The van der Waals surface area contributed by atoms with Gasteiger partial charge in [0.25, 0.3) is 0 Å². The lowest BCUT2D eigenvalue weighted by atomic mass is 9.93. The fourth-order valence-electron chi connectivity index (χ4n) is 1.14. The highest BCUT2D eigenvalue weighted by Gasteiger charge is 2.32. The Hall–Kier alpha value is -0.910. The normalized spacial score (nSPS) is 16.6. The van der Waals surface area contributed by atoms with Crippen LogP contribution in [0.4, 0.5) is 0 Å². The van der Waals surface area contributed by atoms with Crippen LogP contribution in [-0.4, -0.2) is 46.7 Å². The molecule has 15 heavy (non-hydrogen) atoms. The number of hydrogen-bond donors (Lipinski definition) is 3. The van der Waals surface area contributed by atoms with Gasteiger partial charge < -0.3 is 20.1 Å². The highest BCUT2D eigenvalue weighted by atomic mass is 16.5. The molecule has 0 aromatic heterocycles. The summed E-state index contributed by atoms with van der Waals surface area (Å²) in [5.74, 6) is -1.80. The van der Waals surface area contributed by atoms with E-state index in [9.17, 15) is 15.0 Å². The lowest BCUT2D eigenvalue weighted by molar-refractivity contribution is -0.157. The van der Waals surface area contributed by atoms with Crippen LogP contribution >= 0.6 is 0 Å². The predicted molar refractivity (Wildman–Crippen MR) is 54.0 cm³/mol. The number of carbonyl (C=O) groups excluding carboxylic acids is 1. The Morgan fingerprint density at radius 1 is 1.47 bits per heavy atom. The summed E-state index contributed by atoms with van der Waals surface area (Å²) in [5, 5.41) is 27.4. The minimum atomic E-state index is -1.14. The molecule has 0 aliphatic carbocycles. The summed E-state index contributed by atoms with van der Waals surface area (Å²) in [7, 11) is 0. The maximum atomic E-state index is 11.4. The summed E-state index contributed by atoms with van der Waals surface area (Å²) >= 11 is 0. The van der Waals surface area contributed by atoms with Gasteiger partial charge in [-0.1, -0.05) is 12.2 Å². The van der Waals surface area contributed by atoms with Gasteiger partial charge in [0.15, 0.2) is 0 Å². The smallest absolute Gasteiger partial charge is 0.314 e. The van der Waals surface area contributed by atoms with Gasteiger partial charge in [-0.05, 0) is 13.8 Å². The first-order chi connectivity index (χ1) is 6.91. The van der Waals surface area contributed by atoms with Gasteiger partial charge in [0, 0.05) is 0 Å². The van der Waals surface area contributed by atoms with Crippen molar-refractivity contribution in [1.29, 1.82) is 0 Å². The molecular weight excluding hydrogens is 200 g/mol. The first kappa shape index (κ1) is 14.1. The molecule has 0 aromatic rings. The van der Waals surface area contributed by atoms with Crippen molar-refractivity contribution in [3.8, 4) is 0 Å². The highest BCUT2D eigenvalue weighted by Crippen LogP contribution is 2.17. The summed E-state index contributed by atoms with van der Waals surface area (Å²) in [5.41, 5.74) is 0.377. The van der Waals surface area contributed by atoms with E-state index >= 15 is 0 Å².